The van der Waals surface area contributed by atoms with Gasteiger partial charge in [0.15, 0.2) is 0 Å². The van der Waals surface area contributed by atoms with E-state index in [4.69, 9.17) is 4.74 Å². The van der Waals surface area contributed by atoms with E-state index in [1.54, 1.807) is 11.3 Å². The zero-order valence-electron chi connectivity index (χ0n) is 8.69. The molecule has 1 saturated heterocycles. The Morgan fingerprint density at radius 1 is 1.57 bits per heavy atom. The van der Waals surface area contributed by atoms with Gasteiger partial charge in [-0.1, -0.05) is 6.07 Å². The summed E-state index contributed by atoms with van der Waals surface area (Å²) in [6.45, 7) is 2.15. The molecule has 1 aromatic heterocycles. The second-order valence-electron chi connectivity index (χ2n) is 3.84. The molecule has 1 aromatic rings. The van der Waals surface area contributed by atoms with Gasteiger partial charge in [-0.05, 0) is 38.3 Å². The maximum Gasteiger partial charge on any atom is 0.0782 e. The van der Waals surface area contributed by atoms with Crippen LogP contribution in [-0.4, -0.2) is 19.3 Å². The fourth-order valence-corrected chi connectivity index (χ4v) is 2.95. The average molecular weight is 211 g/mol. The molecule has 1 aliphatic heterocycles. The van der Waals surface area contributed by atoms with Gasteiger partial charge in [0, 0.05) is 4.88 Å². The van der Waals surface area contributed by atoms with Crippen LogP contribution in [0.4, 0.5) is 0 Å². The van der Waals surface area contributed by atoms with Crippen LogP contribution in [0.2, 0.25) is 0 Å². The maximum atomic E-state index is 5.88. The van der Waals surface area contributed by atoms with Crippen LogP contribution in [0.15, 0.2) is 17.5 Å². The zero-order chi connectivity index (χ0) is 9.97. The number of nitrogens with one attached hydrogen (secondary N) is 1. The molecule has 2 nitrogen and oxygen atoms in total. The summed E-state index contributed by atoms with van der Waals surface area (Å²) < 4.78 is 5.88. The van der Waals surface area contributed by atoms with Gasteiger partial charge in [-0.3, -0.25) is 0 Å². The molecule has 0 amide bonds. The first-order valence-electron chi connectivity index (χ1n) is 5.17. The van der Waals surface area contributed by atoms with Crippen LogP contribution in [0.5, 0.6) is 0 Å². The van der Waals surface area contributed by atoms with Crippen molar-refractivity contribution < 1.29 is 4.74 Å². The first kappa shape index (κ1) is 10.1. The lowest BCUT2D eigenvalue weighted by molar-refractivity contribution is 0.0341. The van der Waals surface area contributed by atoms with Crippen molar-refractivity contribution in [2.24, 2.45) is 0 Å². The number of hydrogen-bond donors (Lipinski definition) is 1. The molecule has 0 aliphatic carbocycles. The highest BCUT2D eigenvalue weighted by molar-refractivity contribution is 7.10. The molecular formula is C11H17NOS. The van der Waals surface area contributed by atoms with Gasteiger partial charge in [0.2, 0.25) is 0 Å². The van der Waals surface area contributed by atoms with Gasteiger partial charge in [0.05, 0.1) is 18.2 Å². The highest BCUT2D eigenvalue weighted by atomic mass is 32.1. The number of hydrogen-bond acceptors (Lipinski definition) is 3. The Kier molecular flexibility index (Phi) is 3.21. The molecule has 1 N–H and O–H groups in total. The molecule has 0 radical (unpaired) electrons. The van der Waals surface area contributed by atoms with Crippen molar-refractivity contribution in [1.29, 1.82) is 0 Å². The van der Waals surface area contributed by atoms with Gasteiger partial charge < -0.3 is 10.1 Å². The summed E-state index contributed by atoms with van der Waals surface area (Å²) in [4.78, 5) is 1.38. The SMILES string of the molecule is CNC(c1cccs1)C1CCC(C)O1. The summed E-state index contributed by atoms with van der Waals surface area (Å²) in [5, 5.41) is 5.48. The van der Waals surface area contributed by atoms with Crippen molar-refractivity contribution >= 4 is 11.3 Å². The van der Waals surface area contributed by atoms with Crippen molar-refractivity contribution in [3.63, 3.8) is 0 Å². The Balaban J connectivity index is 2.07. The molecule has 3 unspecified atom stereocenters. The van der Waals surface area contributed by atoms with Crippen molar-refractivity contribution in [2.45, 2.75) is 38.0 Å². The molecule has 3 atom stereocenters. The number of rotatable bonds is 3. The third kappa shape index (κ3) is 2.00. The van der Waals surface area contributed by atoms with E-state index in [9.17, 15) is 0 Å². The Hall–Kier alpha value is -0.380. The molecule has 78 valence electrons. The lowest BCUT2D eigenvalue weighted by Crippen LogP contribution is -2.28. The molecular weight excluding hydrogens is 194 g/mol. The van der Waals surface area contributed by atoms with Gasteiger partial charge in [0.1, 0.15) is 0 Å². The quantitative estimate of drug-likeness (QED) is 0.829. The molecule has 1 fully saturated rings. The van der Waals surface area contributed by atoms with E-state index < -0.39 is 0 Å². The highest BCUT2D eigenvalue weighted by Gasteiger charge is 2.29. The van der Waals surface area contributed by atoms with E-state index in [0.717, 1.165) is 0 Å². The van der Waals surface area contributed by atoms with Crippen LogP contribution >= 0.6 is 11.3 Å². The summed E-state index contributed by atoms with van der Waals surface area (Å²) in [5.74, 6) is 0. The predicted octanol–water partition coefficient (Wildman–Crippen LogP) is 2.58. The summed E-state index contributed by atoms with van der Waals surface area (Å²) in [6.07, 6.45) is 3.14. The van der Waals surface area contributed by atoms with E-state index in [1.165, 1.54) is 17.7 Å². The topological polar surface area (TPSA) is 21.3 Å². The smallest absolute Gasteiger partial charge is 0.0782 e. The van der Waals surface area contributed by atoms with Gasteiger partial charge in [-0.15, -0.1) is 11.3 Å². The van der Waals surface area contributed by atoms with E-state index in [1.807, 2.05) is 7.05 Å². The van der Waals surface area contributed by atoms with E-state index >= 15 is 0 Å². The second-order valence-corrected chi connectivity index (χ2v) is 4.82. The first-order valence-corrected chi connectivity index (χ1v) is 6.05. The maximum absolute atomic E-state index is 5.88. The fraction of sp³-hybridized carbons (Fsp3) is 0.636. The third-order valence-corrected chi connectivity index (χ3v) is 3.75. The van der Waals surface area contributed by atoms with Gasteiger partial charge in [0.25, 0.3) is 0 Å². The van der Waals surface area contributed by atoms with Crippen molar-refractivity contribution in [3.05, 3.63) is 22.4 Å². The molecule has 2 rings (SSSR count). The molecule has 0 bridgehead atoms. The largest absolute Gasteiger partial charge is 0.373 e. The van der Waals surface area contributed by atoms with E-state index in [2.05, 4.69) is 29.8 Å². The fourth-order valence-electron chi connectivity index (χ4n) is 2.06. The van der Waals surface area contributed by atoms with Crippen LogP contribution in [-0.2, 0) is 4.74 Å². The molecule has 0 spiro atoms. The summed E-state index contributed by atoms with van der Waals surface area (Å²) in [6, 6.07) is 4.65. The Labute approximate surface area is 89.3 Å². The predicted molar refractivity (Wildman–Crippen MR) is 59.7 cm³/mol. The van der Waals surface area contributed by atoms with Crippen LogP contribution in [0.1, 0.15) is 30.7 Å². The monoisotopic (exact) mass is 211 g/mol. The highest BCUT2D eigenvalue weighted by Crippen LogP contribution is 2.31. The van der Waals surface area contributed by atoms with Gasteiger partial charge in [-0.2, -0.15) is 0 Å². The number of ether oxygens (including phenoxy) is 1. The minimum Gasteiger partial charge on any atom is -0.373 e. The normalized spacial score (nSPS) is 29.3. The molecule has 0 aromatic carbocycles. The van der Waals surface area contributed by atoms with E-state index in [-0.39, 0.29) is 0 Å². The Bertz CT molecular complexity index is 273. The number of thiophene rings is 1. The lowest BCUT2D eigenvalue weighted by atomic mass is 10.1. The molecule has 0 saturated carbocycles. The molecule has 3 heteroatoms. The summed E-state index contributed by atoms with van der Waals surface area (Å²) >= 11 is 1.80. The van der Waals surface area contributed by atoms with E-state index in [0.29, 0.717) is 18.2 Å². The van der Waals surface area contributed by atoms with Crippen molar-refractivity contribution in [1.82, 2.24) is 5.32 Å². The van der Waals surface area contributed by atoms with Gasteiger partial charge >= 0.3 is 0 Å². The summed E-state index contributed by atoms with van der Waals surface area (Å²) in [7, 11) is 2.01. The average Bonchev–Trinajstić information content (AvgIpc) is 2.79. The minimum atomic E-state index is 0.355. The van der Waals surface area contributed by atoms with Crippen LogP contribution < -0.4 is 5.32 Å². The molecule has 2 heterocycles. The van der Waals surface area contributed by atoms with Crippen LogP contribution in [0.3, 0.4) is 0 Å². The molecule has 1 aliphatic rings. The van der Waals surface area contributed by atoms with Crippen LogP contribution in [0, 0.1) is 0 Å². The van der Waals surface area contributed by atoms with Crippen molar-refractivity contribution in [2.75, 3.05) is 7.05 Å². The van der Waals surface area contributed by atoms with Gasteiger partial charge in [-0.25, -0.2) is 0 Å². The van der Waals surface area contributed by atoms with Crippen LogP contribution in [0.25, 0.3) is 0 Å². The van der Waals surface area contributed by atoms with Crippen molar-refractivity contribution in [3.8, 4) is 0 Å². The Morgan fingerprint density at radius 2 is 2.43 bits per heavy atom. The minimum absolute atomic E-state index is 0.355. The Morgan fingerprint density at radius 3 is 2.93 bits per heavy atom. The molecule has 14 heavy (non-hydrogen) atoms. The summed E-state index contributed by atoms with van der Waals surface area (Å²) in [5.41, 5.74) is 0. The first-order chi connectivity index (χ1) is 6.81. The third-order valence-electron chi connectivity index (χ3n) is 2.80. The zero-order valence-corrected chi connectivity index (χ0v) is 9.51. The number of likely N-dealkylation sites (N-methyl/N-ethyl adjacent to an activating group) is 1. The second kappa shape index (κ2) is 4.43. The standard InChI is InChI=1S/C11H17NOS/c1-8-5-6-9(13-8)11(12-2)10-4-3-7-14-10/h3-4,7-9,11-12H,5-6H2,1-2H3. The lowest BCUT2D eigenvalue weighted by Gasteiger charge is -2.21.